The van der Waals surface area contributed by atoms with Crippen LogP contribution in [0.3, 0.4) is 0 Å². The monoisotopic (exact) mass is 422 g/mol. The molecule has 0 aliphatic heterocycles. The smallest absolute Gasteiger partial charge is 0.242 e. The lowest BCUT2D eigenvalue weighted by Gasteiger charge is -2.22. The molecule has 1 fully saturated rings. The molecule has 0 aromatic heterocycles. The molecule has 1 aliphatic carbocycles. The van der Waals surface area contributed by atoms with Crippen molar-refractivity contribution in [3.63, 3.8) is 0 Å². The Bertz CT molecular complexity index is 356. The van der Waals surface area contributed by atoms with Gasteiger partial charge in [0.15, 0.2) is 5.96 Å². The number of halogens is 1. The number of amides is 1. The molecule has 0 heterocycles. The van der Waals surface area contributed by atoms with E-state index in [2.05, 4.69) is 27.1 Å². The summed E-state index contributed by atoms with van der Waals surface area (Å²) in [6, 6.07) is 0.401. The number of unbranched alkanes of at least 4 members (excludes halogenated alkanes) is 3. The normalized spacial score (nSPS) is 14.0. The zero-order valence-corrected chi connectivity index (χ0v) is 16.3. The van der Waals surface area contributed by atoms with E-state index in [9.17, 15) is 4.79 Å². The van der Waals surface area contributed by atoms with Gasteiger partial charge in [0.2, 0.25) is 5.91 Å². The maximum Gasteiger partial charge on any atom is 0.242 e. The fourth-order valence-corrected chi connectivity index (χ4v) is 2.04. The Kier molecular flexibility index (Phi) is 12.3. The van der Waals surface area contributed by atoms with E-state index in [0.717, 1.165) is 44.7 Å². The van der Waals surface area contributed by atoms with E-state index in [0.29, 0.717) is 6.04 Å². The molecule has 1 aliphatic rings. The molecule has 1 amide bonds. The third-order valence-corrected chi connectivity index (χ3v) is 3.41. The molecule has 2 N–H and O–H groups in total. The number of guanidine groups is 1. The molecule has 22 heavy (non-hydrogen) atoms. The van der Waals surface area contributed by atoms with Crippen LogP contribution in [0.15, 0.2) is 17.6 Å². The van der Waals surface area contributed by atoms with Crippen molar-refractivity contribution in [1.29, 1.82) is 0 Å². The van der Waals surface area contributed by atoms with Gasteiger partial charge in [-0.15, -0.1) is 30.6 Å². The first-order valence-corrected chi connectivity index (χ1v) is 8.07. The molecule has 0 atom stereocenters. The highest BCUT2D eigenvalue weighted by atomic mass is 127. The zero-order valence-electron chi connectivity index (χ0n) is 13.9. The third-order valence-electron chi connectivity index (χ3n) is 3.41. The molecule has 0 unspecified atom stereocenters. The van der Waals surface area contributed by atoms with Crippen LogP contribution in [0.1, 0.15) is 45.4 Å². The summed E-state index contributed by atoms with van der Waals surface area (Å²) in [5.41, 5.74) is 0. The van der Waals surface area contributed by atoms with Crippen LogP contribution in [0.5, 0.6) is 0 Å². The SMILES string of the molecule is C=CCCCCCN(C)C(=NCC(=O)NC1CC1)NCC.I. The molecule has 0 bridgehead atoms. The fourth-order valence-electron chi connectivity index (χ4n) is 2.04. The van der Waals surface area contributed by atoms with Crippen LogP contribution < -0.4 is 10.6 Å². The first-order valence-electron chi connectivity index (χ1n) is 8.07. The van der Waals surface area contributed by atoms with Crippen molar-refractivity contribution in [2.75, 3.05) is 26.7 Å². The Morgan fingerprint density at radius 2 is 2.09 bits per heavy atom. The van der Waals surface area contributed by atoms with Gasteiger partial charge in [-0.3, -0.25) is 4.79 Å². The second-order valence-electron chi connectivity index (χ2n) is 5.57. The van der Waals surface area contributed by atoms with Crippen LogP contribution in [-0.4, -0.2) is 49.5 Å². The number of hydrogen-bond donors (Lipinski definition) is 2. The molecule has 0 spiro atoms. The summed E-state index contributed by atoms with van der Waals surface area (Å²) in [7, 11) is 2.02. The van der Waals surface area contributed by atoms with Crippen molar-refractivity contribution in [2.24, 2.45) is 4.99 Å². The first-order chi connectivity index (χ1) is 10.2. The molecular formula is C16H31IN4O. The minimum absolute atomic E-state index is 0. The quantitative estimate of drug-likeness (QED) is 0.187. The first kappa shape index (κ1) is 21.2. The summed E-state index contributed by atoms with van der Waals surface area (Å²) in [4.78, 5) is 18.2. The highest BCUT2D eigenvalue weighted by Gasteiger charge is 2.22. The van der Waals surface area contributed by atoms with Crippen molar-refractivity contribution >= 4 is 35.8 Å². The summed E-state index contributed by atoms with van der Waals surface area (Å²) < 4.78 is 0. The van der Waals surface area contributed by atoms with Gasteiger partial charge in [0.05, 0.1) is 0 Å². The maximum absolute atomic E-state index is 11.7. The highest BCUT2D eigenvalue weighted by Crippen LogP contribution is 2.18. The van der Waals surface area contributed by atoms with E-state index >= 15 is 0 Å². The summed E-state index contributed by atoms with van der Waals surface area (Å²) in [5.74, 6) is 0.833. The van der Waals surface area contributed by atoms with Crippen LogP contribution in [0.25, 0.3) is 0 Å². The van der Waals surface area contributed by atoms with Crippen LogP contribution in [0, 0.1) is 0 Å². The van der Waals surface area contributed by atoms with Crippen LogP contribution >= 0.6 is 24.0 Å². The van der Waals surface area contributed by atoms with Gasteiger partial charge >= 0.3 is 0 Å². The van der Waals surface area contributed by atoms with Crippen molar-refractivity contribution in [2.45, 2.75) is 51.5 Å². The van der Waals surface area contributed by atoms with Gasteiger partial charge in [0.1, 0.15) is 6.54 Å². The average Bonchev–Trinajstić information content (AvgIpc) is 3.26. The summed E-state index contributed by atoms with van der Waals surface area (Å²) >= 11 is 0. The Hall–Kier alpha value is -0.790. The minimum Gasteiger partial charge on any atom is -0.357 e. The van der Waals surface area contributed by atoms with Gasteiger partial charge in [-0.2, -0.15) is 0 Å². The largest absolute Gasteiger partial charge is 0.357 e. The van der Waals surface area contributed by atoms with Gasteiger partial charge < -0.3 is 15.5 Å². The minimum atomic E-state index is 0. The Morgan fingerprint density at radius 1 is 1.36 bits per heavy atom. The van der Waals surface area contributed by atoms with E-state index in [-0.39, 0.29) is 36.4 Å². The van der Waals surface area contributed by atoms with Gasteiger partial charge in [0, 0.05) is 26.2 Å². The van der Waals surface area contributed by atoms with Crippen molar-refractivity contribution < 1.29 is 4.79 Å². The molecule has 1 rings (SSSR count). The molecule has 0 aromatic carbocycles. The Morgan fingerprint density at radius 3 is 2.68 bits per heavy atom. The molecule has 0 radical (unpaired) electrons. The van der Waals surface area contributed by atoms with Gasteiger partial charge in [-0.05, 0) is 39.0 Å². The van der Waals surface area contributed by atoms with E-state index in [1.54, 1.807) is 0 Å². The lowest BCUT2D eigenvalue weighted by atomic mass is 10.2. The van der Waals surface area contributed by atoms with E-state index in [4.69, 9.17) is 0 Å². The van der Waals surface area contributed by atoms with Crippen LogP contribution in [0.2, 0.25) is 0 Å². The average molecular weight is 422 g/mol. The van der Waals surface area contributed by atoms with Crippen molar-refractivity contribution in [3.8, 4) is 0 Å². The Balaban J connectivity index is 0.00000441. The molecule has 5 nitrogen and oxygen atoms in total. The maximum atomic E-state index is 11.7. The predicted molar refractivity (Wildman–Crippen MR) is 104 cm³/mol. The number of hydrogen-bond acceptors (Lipinski definition) is 2. The third kappa shape index (κ3) is 10.0. The number of nitrogens with one attached hydrogen (secondary N) is 2. The number of allylic oxidation sites excluding steroid dienone is 1. The number of aliphatic imine (C=N–C) groups is 1. The number of carbonyl (C=O) groups excluding carboxylic acids is 1. The van der Waals surface area contributed by atoms with Crippen LogP contribution in [0.4, 0.5) is 0 Å². The standard InChI is InChI=1S/C16H30N4O.HI/c1-4-6-7-8-9-12-20(3)16(17-5-2)18-13-15(21)19-14-10-11-14;/h4,14H,1,5-13H2,2-3H3,(H,17,18)(H,19,21);1H. The lowest BCUT2D eigenvalue weighted by Crippen LogP contribution is -2.40. The van der Waals surface area contributed by atoms with Gasteiger partial charge in [-0.1, -0.05) is 12.5 Å². The topological polar surface area (TPSA) is 56.7 Å². The van der Waals surface area contributed by atoms with Crippen molar-refractivity contribution in [1.82, 2.24) is 15.5 Å². The predicted octanol–water partition coefficient (Wildman–Crippen LogP) is 2.53. The molecule has 0 aromatic rings. The number of rotatable bonds is 10. The zero-order chi connectivity index (χ0) is 15.5. The Labute approximate surface area is 152 Å². The number of carbonyl (C=O) groups is 1. The highest BCUT2D eigenvalue weighted by molar-refractivity contribution is 14.0. The lowest BCUT2D eigenvalue weighted by molar-refractivity contribution is -0.119. The van der Waals surface area contributed by atoms with Gasteiger partial charge in [0.25, 0.3) is 0 Å². The van der Waals surface area contributed by atoms with E-state index in [1.165, 1.54) is 12.8 Å². The summed E-state index contributed by atoms with van der Waals surface area (Å²) in [6.07, 6.45) is 8.78. The van der Waals surface area contributed by atoms with E-state index < -0.39 is 0 Å². The molecule has 6 heteroatoms. The molecule has 128 valence electrons. The summed E-state index contributed by atoms with van der Waals surface area (Å²) in [5, 5.41) is 6.19. The second kappa shape index (κ2) is 12.7. The fraction of sp³-hybridized carbons (Fsp3) is 0.750. The molecular weight excluding hydrogens is 391 g/mol. The summed E-state index contributed by atoms with van der Waals surface area (Å²) in [6.45, 7) is 7.74. The van der Waals surface area contributed by atoms with Crippen LogP contribution in [-0.2, 0) is 4.79 Å². The second-order valence-corrected chi connectivity index (χ2v) is 5.57. The number of nitrogens with zero attached hydrogens (tertiary/aromatic N) is 2. The van der Waals surface area contributed by atoms with E-state index in [1.807, 2.05) is 20.0 Å². The molecule has 1 saturated carbocycles. The van der Waals surface area contributed by atoms with Gasteiger partial charge in [-0.25, -0.2) is 4.99 Å². The van der Waals surface area contributed by atoms with Crippen molar-refractivity contribution in [3.05, 3.63) is 12.7 Å². The molecule has 0 saturated heterocycles.